The van der Waals surface area contributed by atoms with Crippen molar-refractivity contribution in [2.45, 2.75) is 13.0 Å². The molecule has 126 valence electrons. The highest BCUT2D eigenvalue weighted by Crippen LogP contribution is 2.36. The maximum absolute atomic E-state index is 12.2. The third-order valence-corrected chi connectivity index (χ3v) is 5.26. The van der Waals surface area contributed by atoms with Crippen molar-refractivity contribution >= 4 is 32.4 Å². The molecule has 0 saturated carbocycles. The quantitative estimate of drug-likeness (QED) is 0.595. The van der Waals surface area contributed by atoms with E-state index in [0.29, 0.717) is 11.4 Å². The summed E-state index contributed by atoms with van der Waals surface area (Å²) in [6, 6.07) is 15.8. The summed E-state index contributed by atoms with van der Waals surface area (Å²) in [5, 5.41) is 13.2. The number of nitrogens with zero attached hydrogens (tertiary/aromatic N) is 2. The van der Waals surface area contributed by atoms with Gasteiger partial charge in [0.05, 0.1) is 21.6 Å². The van der Waals surface area contributed by atoms with E-state index in [1.54, 1.807) is 11.3 Å². The van der Waals surface area contributed by atoms with Crippen LogP contribution in [0.4, 0.5) is 0 Å². The number of carbonyl (C=O) groups is 1. The van der Waals surface area contributed by atoms with Crippen LogP contribution in [0.15, 0.2) is 48.5 Å². The summed E-state index contributed by atoms with van der Waals surface area (Å²) in [4.78, 5) is 17.7. The van der Waals surface area contributed by atoms with Crippen LogP contribution in [0.2, 0.25) is 0 Å². The van der Waals surface area contributed by atoms with Gasteiger partial charge in [-0.15, -0.1) is 0 Å². The Bertz CT molecular complexity index is 1100. The van der Waals surface area contributed by atoms with Crippen LogP contribution in [-0.2, 0) is 4.79 Å². The molecule has 0 aliphatic rings. The number of amides is 1. The Kier molecular flexibility index (Phi) is 3.78. The molecular weight excluding hydrogens is 334 g/mol. The minimum atomic E-state index is -1.30. The average Bonchev–Trinajstić information content (AvgIpc) is 3.16. The van der Waals surface area contributed by atoms with E-state index >= 15 is 0 Å². The number of thiazole rings is 1. The number of hydrogen-bond donors (Lipinski definition) is 2. The van der Waals surface area contributed by atoms with Gasteiger partial charge in [-0.2, -0.15) is 0 Å². The van der Waals surface area contributed by atoms with Gasteiger partial charge in [-0.25, -0.2) is 4.98 Å². The molecule has 5 nitrogen and oxygen atoms in total. The lowest BCUT2D eigenvalue weighted by Crippen LogP contribution is -2.26. The van der Waals surface area contributed by atoms with Gasteiger partial charge in [-0.1, -0.05) is 47.2 Å². The second-order valence-electron chi connectivity index (χ2n) is 5.92. The molecule has 2 heterocycles. The maximum atomic E-state index is 12.2. The van der Waals surface area contributed by atoms with E-state index in [9.17, 15) is 9.90 Å². The third kappa shape index (κ3) is 2.50. The monoisotopic (exact) mass is 351 g/mol. The fourth-order valence-electron chi connectivity index (χ4n) is 3.06. The molecule has 1 amide bonds. The van der Waals surface area contributed by atoms with Gasteiger partial charge >= 0.3 is 0 Å². The number of rotatable bonds is 3. The smallest absolute Gasteiger partial charge is 0.254 e. The predicted molar refractivity (Wildman–Crippen MR) is 99.8 cm³/mol. The van der Waals surface area contributed by atoms with Gasteiger partial charge in [0.25, 0.3) is 5.91 Å². The number of hydrogen-bond acceptors (Lipinski definition) is 4. The Morgan fingerprint density at radius 3 is 2.80 bits per heavy atom. The molecule has 0 aliphatic carbocycles. The lowest BCUT2D eigenvalue weighted by Gasteiger charge is -2.12. The summed E-state index contributed by atoms with van der Waals surface area (Å²) < 4.78 is 2.95. The SMILES string of the molecule is CNC(=O)C(O)c1c(-c2cccc(C)c2)nc2sc3ccccc3n12. The van der Waals surface area contributed by atoms with Crippen LogP contribution in [0.5, 0.6) is 0 Å². The molecule has 1 unspecified atom stereocenters. The highest BCUT2D eigenvalue weighted by molar-refractivity contribution is 7.23. The van der Waals surface area contributed by atoms with Crippen LogP contribution >= 0.6 is 11.3 Å². The van der Waals surface area contributed by atoms with E-state index in [-0.39, 0.29) is 0 Å². The number of aryl methyl sites for hydroxylation is 1. The summed E-state index contributed by atoms with van der Waals surface area (Å²) in [6.07, 6.45) is -1.30. The Morgan fingerprint density at radius 2 is 2.04 bits per heavy atom. The number of nitrogens with one attached hydrogen (secondary N) is 1. The number of benzene rings is 2. The number of fused-ring (bicyclic) bond motifs is 3. The molecule has 2 aromatic carbocycles. The number of likely N-dealkylation sites (N-methyl/N-ethyl adjacent to an activating group) is 1. The van der Waals surface area contributed by atoms with E-state index in [0.717, 1.165) is 26.3 Å². The second-order valence-corrected chi connectivity index (χ2v) is 6.93. The summed E-state index contributed by atoms with van der Waals surface area (Å²) in [7, 11) is 1.52. The van der Waals surface area contributed by atoms with Crippen molar-refractivity contribution in [2.75, 3.05) is 7.05 Å². The summed E-state index contributed by atoms with van der Waals surface area (Å²) >= 11 is 1.54. The van der Waals surface area contributed by atoms with Crippen molar-refractivity contribution in [1.29, 1.82) is 0 Å². The normalized spacial score (nSPS) is 12.6. The van der Waals surface area contributed by atoms with Crippen LogP contribution in [-0.4, -0.2) is 27.4 Å². The van der Waals surface area contributed by atoms with Crippen LogP contribution in [0, 0.1) is 6.92 Å². The first-order valence-corrected chi connectivity index (χ1v) is 8.78. The molecule has 25 heavy (non-hydrogen) atoms. The zero-order valence-corrected chi connectivity index (χ0v) is 14.7. The molecule has 6 heteroatoms. The predicted octanol–water partition coefficient (Wildman–Crippen LogP) is 3.30. The first-order valence-electron chi connectivity index (χ1n) is 7.96. The van der Waals surface area contributed by atoms with Gasteiger partial charge in [0.2, 0.25) is 0 Å². The minimum Gasteiger partial charge on any atom is -0.377 e. The van der Waals surface area contributed by atoms with Crippen LogP contribution in [0.25, 0.3) is 26.4 Å². The molecule has 0 saturated heterocycles. The Hall–Kier alpha value is -2.70. The van der Waals surface area contributed by atoms with Crippen molar-refractivity contribution in [3.05, 3.63) is 59.8 Å². The summed E-state index contributed by atoms with van der Waals surface area (Å²) in [6.45, 7) is 2.01. The Morgan fingerprint density at radius 1 is 1.24 bits per heavy atom. The second kappa shape index (κ2) is 5.98. The molecule has 0 bridgehead atoms. The van der Waals surface area contributed by atoms with Crippen LogP contribution in [0.1, 0.15) is 17.4 Å². The van der Waals surface area contributed by atoms with E-state index in [1.165, 1.54) is 7.05 Å². The molecule has 1 atom stereocenters. The van der Waals surface area contributed by atoms with E-state index in [1.807, 2.05) is 59.9 Å². The van der Waals surface area contributed by atoms with Gasteiger partial charge in [0.1, 0.15) is 0 Å². The van der Waals surface area contributed by atoms with Gasteiger partial charge in [0.15, 0.2) is 11.1 Å². The Labute approximate surface area is 148 Å². The van der Waals surface area contributed by atoms with Gasteiger partial charge < -0.3 is 10.4 Å². The highest BCUT2D eigenvalue weighted by atomic mass is 32.1. The summed E-state index contributed by atoms with van der Waals surface area (Å²) in [5.74, 6) is -0.453. The molecule has 4 aromatic rings. The van der Waals surface area contributed by atoms with Crippen LogP contribution < -0.4 is 5.32 Å². The lowest BCUT2D eigenvalue weighted by molar-refractivity contribution is -0.129. The average molecular weight is 351 g/mol. The van der Waals surface area contributed by atoms with Crippen molar-refractivity contribution in [1.82, 2.24) is 14.7 Å². The fourth-order valence-corrected chi connectivity index (χ4v) is 4.09. The number of imidazole rings is 1. The lowest BCUT2D eigenvalue weighted by atomic mass is 10.0. The van der Waals surface area contributed by atoms with Crippen LogP contribution in [0.3, 0.4) is 0 Å². The molecule has 0 spiro atoms. The summed E-state index contributed by atoms with van der Waals surface area (Å²) in [5.41, 5.74) is 4.05. The van der Waals surface area contributed by atoms with E-state index in [4.69, 9.17) is 4.98 Å². The maximum Gasteiger partial charge on any atom is 0.254 e. The number of para-hydroxylation sites is 1. The minimum absolute atomic E-state index is 0.453. The number of aliphatic hydroxyl groups is 1. The molecular formula is C19H17N3O2S. The highest BCUT2D eigenvalue weighted by Gasteiger charge is 2.27. The van der Waals surface area contributed by atoms with Crippen molar-refractivity contribution in [3.8, 4) is 11.3 Å². The number of carbonyl (C=O) groups excluding carboxylic acids is 1. The first-order chi connectivity index (χ1) is 12.1. The zero-order chi connectivity index (χ0) is 17.6. The van der Waals surface area contributed by atoms with Gasteiger partial charge in [-0.05, 0) is 25.1 Å². The van der Waals surface area contributed by atoms with Crippen molar-refractivity contribution < 1.29 is 9.90 Å². The number of aliphatic hydroxyl groups excluding tert-OH is 1. The molecule has 2 aromatic heterocycles. The molecule has 0 aliphatic heterocycles. The van der Waals surface area contributed by atoms with E-state index in [2.05, 4.69) is 5.32 Å². The Balaban J connectivity index is 2.07. The van der Waals surface area contributed by atoms with Gasteiger partial charge in [-0.3, -0.25) is 9.20 Å². The number of aromatic nitrogens is 2. The van der Waals surface area contributed by atoms with Gasteiger partial charge in [0, 0.05) is 12.6 Å². The topological polar surface area (TPSA) is 66.6 Å². The van der Waals surface area contributed by atoms with Crippen molar-refractivity contribution in [2.24, 2.45) is 0 Å². The third-order valence-electron chi connectivity index (χ3n) is 4.23. The fraction of sp³-hybridized carbons (Fsp3) is 0.158. The van der Waals surface area contributed by atoms with E-state index < -0.39 is 12.0 Å². The molecule has 4 rings (SSSR count). The largest absolute Gasteiger partial charge is 0.377 e. The zero-order valence-electron chi connectivity index (χ0n) is 13.9. The van der Waals surface area contributed by atoms with Crippen molar-refractivity contribution in [3.63, 3.8) is 0 Å². The molecule has 0 radical (unpaired) electrons. The first kappa shape index (κ1) is 15.8. The molecule has 0 fully saturated rings. The molecule has 2 N–H and O–H groups in total. The standard InChI is InChI=1S/C19H17N3O2S/c1-11-6-5-7-12(10-11)15-16(17(23)18(24)20-2)22-13-8-3-4-9-14(13)25-19(22)21-15/h3-10,17,23H,1-2H3,(H,20,24).